The lowest BCUT2D eigenvalue weighted by Gasteiger charge is -2.42. The Morgan fingerprint density at radius 1 is 1.30 bits per heavy atom. The number of imidazole rings is 1. The third-order valence-electron chi connectivity index (χ3n) is 4.56. The van der Waals surface area contributed by atoms with Crippen LogP contribution in [-0.4, -0.2) is 40.3 Å². The first-order valence-electron chi connectivity index (χ1n) is 6.97. The van der Waals surface area contributed by atoms with Crippen molar-refractivity contribution in [3.05, 3.63) is 34.7 Å². The van der Waals surface area contributed by atoms with Crippen LogP contribution in [0, 0.1) is 0 Å². The number of morpholine rings is 1. The summed E-state index contributed by atoms with van der Waals surface area (Å²) in [7, 11) is 0. The molecule has 0 aliphatic carbocycles. The Labute approximate surface area is 122 Å². The molecule has 3 heterocycles. The number of hydrogen-bond acceptors (Lipinski definition) is 2. The van der Waals surface area contributed by atoms with E-state index in [1.807, 2.05) is 18.2 Å². The number of fused-ring (bicyclic) bond motifs is 3. The Balaban J connectivity index is 1.86. The van der Waals surface area contributed by atoms with Crippen LogP contribution in [0.3, 0.4) is 0 Å². The minimum absolute atomic E-state index is 0.740. The maximum Gasteiger partial charge on any atom is 0.170 e. The van der Waals surface area contributed by atoms with Gasteiger partial charge >= 0.3 is 0 Å². The van der Waals surface area contributed by atoms with Crippen molar-refractivity contribution in [2.24, 2.45) is 0 Å². The average molecular weight is 291 g/mol. The number of halogens is 1. The lowest BCUT2D eigenvalue weighted by atomic mass is 10.2. The molecule has 0 amide bonds. The molecule has 1 saturated heterocycles. The second-order valence-corrected chi connectivity index (χ2v) is 6.10. The number of nitrogens with zero attached hydrogens (tertiary/aromatic N) is 3. The molecule has 5 heteroatoms. The van der Waals surface area contributed by atoms with Gasteiger partial charge in [0, 0.05) is 11.9 Å². The molecule has 4 nitrogen and oxygen atoms in total. The van der Waals surface area contributed by atoms with Crippen LogP contribution in [-0.2, 0) is 11.3 Å². The summed E-state index contributed by atoms with van der Waals surface area (Å²) in [5, 5.41) is 0.740. The summed E-state index contributed by atoms with van der Waals surface area (Å²) in [5.74, 6) is 1.12. The normalized spacial score (nSPS) is 21.0. The van der Waals surface area contributed by atoms with Gasteiger partial charge in [-0.05, 0) is 18.2 Å². The number of benzene rings is 1. The van der Waals surface area contributed by atoms with E-state index in [1.165, 1.54) is 5.70 Å². The molecule has 0 saturated carbocycles. The molecule has 1 spiro atoms. The highest BCUT2D eigenvalue weighted by atomic mass is 35.5. The fourth-order valence-corrected chi connectivity index (χ4v) is 3.45. The first-order chi connectivity index (χ1) is 9.68. The highest BCUT2D eigenvalue weighted by molar-refractivity contribution is 6.31. The Bertz CT molecular complexity index is 713. The topological polar surface area (TPSA) is 27.1 Å². The summed E-state index contributed by atoms with van der Waals surface area (Å²) < 4.78 is 8.71. The molecular weight excluding hydrogens is 274 g/mol. The van der Waals surface area contributed by atoms with E-state index < -0.39 is 0 Å². The Hall–Kier alpha value is -1.36. The lowest BCUT2D eigenvalue weighted by Crippen LogP contribution is -2.54. The molecule has 2 aromatic rings. The Kier molecular flexibility index (Phi) is 2.67. The quantitative estimate of drug-likeness (QED) is 0.698. The van der Waals surface area contributed by atoms with Gasteiger partial charge in [0.25, 0.3) is 0 Å². The smallest absolute Gasteiger partial charge is 0.170 e. The summed E-state index contributed by atoms with van der Waals surface area (Å²) in [6.45, 7) is 6.89. The zero-order chi connectivity index (χ0) is 13.7. The van der Waals surface area contributed by atoms with E-state index in [2.05, 4.69) is 17.7 Å². The van der Waals surface area contributed by atoms with E-state index in [0.29, 0.717) is 0 Å². The van der Waals surface area contributed by atoms with Crippen molar-refractivity contribution in [3.63, 3.8) is 0 Å². The number of aromatic nitrogens is 2. The van der Waals surface area contributed by atoms with Crippen molar-refractivity contribution in [1.82, 2.24) is 9.55 Å². The van der Waals surface area contributed by atoms with E-state index in [1.54, 1.807) is 0 Å². The lowest BCUT2D eigenvalue weighted by molar-refractivity contribution is -0.913. The van der Waals surface area contributed by atoms with Crippen molar-refractivity contribution in [1.29, 1.82) is 0 Å². The molecule has 2 aliphatic rings. The zero-order valence-corrected chi connectivity index (χ0v) is 12.2. The molecule has 0 atom stereocenters. The molecule has 1 aromatic carbocycles. The minimum Gasteiger partial charge on any atom is -0.370 e. The number of quaternary nitrogens is 1. The van der Waals surface area contributed by atoms with Crippen LogP contribution in [0.1, 0.15) is 12.7 Å². The second kappa shape index (κ2) is 4.32. The second-order valence-electron chi connectivity index (χ2n) is 5.66. The fraction of sp³-hybridized carbons (Fsp3) is 0.400. The molecule has 20 heavy (non-hydrogen) atoms. The highest BCUT2D eigenvalue weighted by Gasteiger charge is 2.37. The van der Waals surface area contributed by atoms with Crippen molar-refractivity contribution < 1.29 is 9.22 Å². The first-order valence-corrected chi connectivity index (χ1v) is 7.35. The molecule has 104 valence electrons. The van der Waals surface area contributed by atoms with Crippen LogP contribution in [0.4, 0.5) is 0 Å². The third-order valence-corrected chi connectivity index (χ3v) is 4.80. The molecule has 1 aromatic heterocycles. The standard InChI is InChI=1S/C15H17ClN3O/c1-11-9-18-14-3-2-12(16)8-13(14)17-15(18)10-19(11)4-6-20-7-5-19/h2-3,8-9H,4-7,10H2,1H3/q+1. The summed E-state index contributed by atoms with van der Waals surface area (Å²) >= 11 is 6.07. The van der Waals surface area contributed by atoms with Gasteiger partial charge < -0.3 is 4.74 Å². The largest absolute Gasteiger partial charge is 0.370 e. The van der Waals surface area contributed by atoms with Gasteiger partial charge in [0.2, 0.25) is 0 Å². The number of hydrogen-bond donors (Lipinski definition) is 0. The van der Waals surface area contributed by atoms with Gasteiger partial charge in [-0.2, -0.15) is 0 Å². The molecule has 0 unspecified atom stereocenters. The molecule has 4 rings (SSSR count). The average Bonchev–Trinajstić information content (AvgIpc) is 2.76. The predicted octanol–water partition coefficient (Wildman–Crippen LogP) is 2.87. The predicted molar refractivity (Wildman–Crippen MR) is 79.2 cm³/mol. The molecular formula is C15H17ClN3O+. The van der Waals surface area contributed by atoms with E-state index in [0.717, 1.165) is 59.2 Å². The molecule has 2 aliphatic heterocycles. The van der Waals surface area contributed by atoms with Gasteiger partial charge in [-0.3, -0.25) is 9.05 Å². The van der Waals surface area contributed by atoms with Crippen molar-refractivity contribution in [3.8, 4) is 0 Å². The monoisotopic (exact) mass is 290 g/mol. The van der Waals surface area contributed by atoms with Crippen LogP contribution in [0.15, 0.2) is 23.9 Å². The van der Waals surface area contributed by atoms with E-state index in [-0.39, 0.29) is 0 Å². The van der Waals surface area contributed by atoms with Gasteiger partial charge in [0.1, 0.15) is 25.3 Å². The van der Waals surface area contributed by atoms with Crippen LogP contribution in [0.2, 0.25) is 5.02 Å². The molecule has 0 bridgehead atoms. The zero-order valence-electron chi connectivity index (χ0n) is 11.5. The summed E-state index contributed by atoms with van der Waals surface area (Å²) in [6.07, 6.45) is 2.23. The van der Waals surface area contributed by atoms with Crippen molar-refractivity contribution in [2.75, 3.05) is 26.3 Å². The SMILES string of the molecule is CC1=Cn2c(nc3cc(Cl)ccc32)C[N+]12CCOCC2. The van der Waals surface area contributed by atoms with Gasteiger partial charge in [-0.25, -0.2) is 4.98 Å². The highest BCUT2D eigenvalue weighted by Crippen LogP contribution is 2.32. The first kappa shape index (κ1) is 12.4. The minimum atomic E-state index is 0.740. The Morgan fingerprint density at radius 2 is 2.10 bits per heavy atom. The molecule has 0 radical (unpaired) electrons. The molecule has 1 fully saturated rings. The van der Waals surface area contributed by atoms with Crippen LogP contribution in [0.5, 0.6) is 0 Å². The number of rotatable bonds is 0. The number of ether oxygens (including phenoxy) is 1. The summed E-state index contributed by atoms with van der Waals surface area (Å²) in [6, 6.07) is 5.91. The van der Waals surface area contributed by atoms with Crippen LogP contribution < -0.4 is 0 Å². The summed E-state index contributed by atoms with van der Waals surface area (Å²) in [5.41, 5.74) is 3.50. The van der Waals surface area contributed by atoms with Gasteiger partial charge in [0.15, 0.2) is 5.82 Å². The van der Waals surface area contributed by atoms with Crippen LogP contribution in [0.25, 0.3) is 17.2 Å². The van der Waals surface area contributed by atoms with E-state index >= 15 is 0 Å². The third kappa shape index (κ3) is 1.72. The van der Waals surface area contributed by atoms with E-state index in [4.69, 9.17) is 21.3 Å². The maximum atomic E-state index is 6.07. The van der Waals surface area contributed by atoms with E-state index in [9.17, 15) is 0 Å². The van der Waals surface area contributed by atoms with Crippen molar-refractivity contribution in [2.45, 2.75) is 13.5 Å². The Morgan fingerprint density at radius 3 is 2.90 bits per heavy atom. The molecule has 0 N–H and O–H groups in total. The fourth-order valence-electron chi connectivity index (χ4n) is 3.29. The van der Waals surface area contributed by atoms with Crippen molar-refractivity contribution >= 4 is 28.8 Å². The number of allylic oxidation sites excluding steroid dienone is 1. The van der Waals surface area contributed by atoms with Gasteiger partial charge in [-0.15, -0.1) is 0 Å². The van der Waals surface area contributed by atoms with Gasteiger partial charge in [0.05, 0.1) is 30.4 Å². The summed E-state index contributed by atoms with van der Waals surface area (Å²) in [4.78, 5) is 4.78. The van der Waals surface area contributed by atoms with Crippen LogP contribution >= 0.6 is 11.6 Å². The van der Waals surface area contributed by atoms with Gasteiger partial charge in [-0.1, -0.05) is 11.6 Å². The maximum absolute atomic E-state index is 6.07.